The van der Waals surface area contributed by atoms with E-state index in [2.05, 4.69) is 6.07 Å². The molecule has 0 spiro atoms. The van der Waals surface area contributed by atoms with Crippen molar-refractivity contribution in [3.05, 3.63) is 92.9 Å². The molecule has 0 aliphatic rings. The molecule has 4 rings (SSSR count). The zero-order valence-electron chi connectivity index (χ0n) is 16.1. The molecule has 0 bridgehead atoms. The lowest BCUT2D eigenvalue weighted by Gasteiger charge is -2.13. The largest absolute Gasteiger partial charge is 0.288 e. The van der Waals surface area contributed by atoms with E-state index < -0.39 is 0 Å². The highest BCUT2D eigenvalue weighted by Crippen LogP contribution is 2.24. The van der Waals surface area contributed by atoms with Gasteiger partial charge in [-0.05, 0) is 56.2 Å². The smallest absolute Gasteiger partial charge is 0.252 e. The summed E-state index contributed by atoms with van der Waals surface area (Å²) in [4.78, 5) is 12.9. The monoisotopic (exact) mass is 368 g/mol. The summed E-state index contributed by atoms with van der Waals surface area (Å²) in [6.45, 7) is 6.32. The summed E-state index contributed by atoms with van der Waals surface area (Å²) in [6.07, 6.45) is 0. The minimum Gasteiger partial charge on any atom is -0.288 e. The molecular weight excluding hydrogens is 348 g/mol. The molecule has 5 nitrogen and oxygen atoms in total. The lowest BCUT2D eigenvalue weighted by atomic mass is 10.1. The summed E-state index contributed by atoms with van der Waals surface area (Å²) in [6, 6.07) is 19.2. The Balaban J connectivity index is 1.99. The van der Waals surface area contributed by atoms with E-state index in [0.717, 1.165) is 33.5 Å². The van der Waals surface area contributed by atoms with Gasteiger partial charge in [0.15, 0.2) is 0 Å². The van der Waals surface area contributed by atoms with Crippen molar-refractivity contribution >= 4 is 11.0 Å². The number of benzene rings is 2. The maximum Gasteiger partial charge on any atom is 0.252 e. The Hall–Kier alpha value is -3.65. The number of aryl methyl sites for hydroxylation is 3. The zero-order valence-corrected chi connectivity index (χ0v) is 16.1. The van der Waals surface area contributed by atoms with Crippen molar-refractivity contribution in [3.63, 3.8) is 0 Å². The van der Waals surface area contributed by atoms with Gasteiger partial charge in [-0.2, -0.15) is 10.4 Å². The van der Waals surface area contributed by atoms with Crippen molar-refractivity contribution in [1.82, 2.24) is 14.3 Å². The lowest BCUT2D eigenvalue weighted by molar-refractivity contribution is 0.750. The Morgan fingerprint density at radius 2 is 1.79 bits per heavy atom. The van der Waals surface area contributed by atoms with E-state index in [0.29, 0.717) is 12.1 Å². The standard InChI is InChI=1S/C23H20N4O/c1-15-7-9-20(10-8-15)27-23-22(17(3)25-27)16(2)11-21(28)26(23)14-19-6-4-5-18(12-19)13-24/h4-12H,14H2,1-3H3. The molecule has 28 heavy (non-hydrogen) atoms. The van der Waals surface area contributed by atoms with Crippen LogP contribution in [0.15, 0.2) is 59.4 Å². The van der Waals surface area contributed by atoms with Gasteiger partial charge < -0.3 is 0 Å². The summed E-state index contributed by atoms with van der Waals surface area (Å²) in [5, 5.41) is 14.9. The van der Waals surface area contributed by atoms with E-state index in [1.807, 2.05) is 67.9 Å². The topological polar surface area (TPSA) is 63.6 Å². The molecule has 5 heteroatoms. The van der Waals surface area contributed by atoms with Crippen molar-refractivity contribution < 1.29 is 0 Å². The summed E-state index contributed by atoms with van der Waals surface area (Å²) in [7, 11) is 0. The SMILES string of the molecule is Cc1ccc(-n2nc(C)c3c(C)cc(=O)n(Cc4cccc(C#N)c4)c32)cc1. The lowest BCUT2D eigenvalue weighted by Crippen LogP contribution is -2.22. The highest BCUT2D eigenvalue weighted by Gasteiger charge is 2.17. The fourth-order valence-electron chi connectivity index (χ4n) is 3.61. The molecule has 0 aliphatic heterocycles. The summed E-state index contributed by atoms with van der Waals surface area (Å²) < 4.78 is 3.57. The predicted octanol–water partition coefficient (Wildman–Crippen LogP) is 4.03. The molecular formula is C23H20N4O. The van der Waals surface area contributed by atoms with Gasteiger partial charge in [0.05, 0.1) is 29.6 Å². The Morgan fingerprint density at radius 3 is 2.50 bits per heavy atom. The van der Waals surface area contributed by atoms with E-state index in [1.54, 1.807) is 16.7 Å². The first-order valence-corrected chi connectivity index (χ1v) is 9.14. The van der Waals surface area contributed by atoms with Gasteiger partial charge in [0.2, 0.25) is 0 Å². The summed E-state index contributed by atoms with van der Waals surface area (Å²) in [5.74, 6) is 0. The van der Waals surface area contributed by atoms with Crippen LogP contribution in [0.1, 0.15) is 27.9 Å². The third-order valence-electron chi connectivity index (χ3n) is 4.97. The number of rotatable bonds is 3. The van der Waals surface area contributed by atoms with Crippen molar-refractivity contribution in [2.75, 3.05) is 0 Å². The summed E-state index contributed by atoms with van der Waals surface area (Å²) in [5.41, 5.74) is 6.05. The first-order chi connectivity index (χ1) is 13.5. The van der Waals surface area contributed by atoms with Crippen LogP contribution in [0.25, 0.3) is 16.7 Å². The number of hydrogen-bond acceptors (Lipinski definition) is 3. The van der Waals surface area contributed by atoms with Gasteiger partial charge in [-0.25, -0.2) is 4.68 Å². The molecule has 0 radical (unpaired) electrons. The fourth-order valence-corrected chi connectivity index (χ4v) is 3.61. The van der Waals surface area contributed by atoms with Gasteiger partial charge in [0.1, 0.15) is 5.65 Å². The second-order valence-electron chi connectivity index (χ2n) is 7.10. The second kappa shape index (κ2) is 6.82. The van der Waals surface area contributed by atoms with Crippen molar-refractivity contribution in [2.45, 2.75) is 27.3 Å². The van der Waals surface area contributed by atoms with E-state index in [9.17, 15) is 10.1 Å². The van der Waals surface area contributed by atoms with Crippen molar-refractivity contribution in [1.29, 1.82) is 5.26 Å². The van der Waals surface area contributed by atoms with Crippen molar-refractivity contribution in [3.8, 4) is 11.8 Å². The van der Waals surface area contributed by atoms with Gasteiger partial charge in [0, 0.05) is 11.5 Å². The van der Waals surface area contributed by atoms with E-state index in [4.69, 9.17) is 5.10 Å². The van der Waals surface area contributed by atoms with Crippen LogP contribution in [0.4, 0.5) is 0 Å². The molecule has 0 amide bonds. The van der Waals surface area contributed by atoms with Gasteiger partial charge in [0.25, 0.3) is 5.56 Å². The normalized spacial score (nSPS) is 10.9. The Bertz CT molecular complexity index is 1290. The highest BCUT2D eigenvalue weighted by molar-refractivity contribution is 5.83. The van der Waals surface area contributed by atoms with E-state index in [-0.39, 0.29) is 5.56 Å². The average molecular weight is 368 g/mol. The minimum absolute atomic E-state index is 0.0828. The van der Waals surface area contributed by atoms with Crippen LogP contribution in [0.2, 0.25) is 0 Å². The van der Waals surface area contributed by atoms with E-state index >= 15 is 0 Å². The molecule has 2 heterocycles. The maximum absolute atomic E-state index is 12.9. The minimum atomic E-state index is -0.0828. The predicted molar refractivity (Wildman–Crippen MR) is 110 cm³/mol. The quantitative estimate of drug-likeness (QED) is 0.548. The summed E-state index contributed by atoms with van der Waals surface area (Å²) >= 11 is 0. The number of nitriles is 1. The zero-order chi connectivity index (χ0) is 19.8. The molecule has 0 saturated carbocycles. The van der Waals surface area contributed by atoms with Crippen LogP contribution >= 0.6 is 0 Å². The number of pyridine rings is 1. The highest BCUT2D eigenvalue weighted by atomic mass is 16.1. The number of hydrogen-bond donors (Lipinski definition) is 0. The van der Waals surface area contributed by atoms with Crippen LogP contribution in [0, 0.1) is 32.1 Å². The Morgan fingerprint density at radius 1 is 1.04 bits per heavy atom. The van der Waals surface area contributed by atoms with E-state index in [1.165, 1.54) is 5.56 Å². The molecule has 0 unspecified atom stereocenters. The maximum atomic E-state index is 12.9. The number of nitrogens with zero attached hydrogens (tertiary/aromatic N) is 4. The molecule has 0 saturated heterocycles. The Labute approximate surface area is 163 Å². The van der Waals surface area contributed by atoms with Crippen LogP contribution in [-0.4, -0.2) is 14.3 Å². The number of fused-ring (bicyclic) bond motifs is 1. The Kier molecular flexibility index (Phi) is 4.32. The first-order valence-electron chi connectivity index (χ1n) is 9.14. The third-order valence-corrected chi connectivity index (χ3v) is 4.97. The average Bonchev–Trinajstić information content (AvgIpc) is 3.03. The first kappa shape index (κ1) is 17.7. The molecule has 0 N–H and O–H groups in total. The van der Waals surface area contributed by atoms with Crippen LogP contribution in [-0.2, 0) is 6.54 Å². The molecule has 2 aromatic carbocycles. The van der Waals surface area contributed by atoms with Crippen LogP contribution < -0.4 is 5.56 Å². The van der Waals surface area contributed by atoms with Gasteiger partial charge in [-0.15, -0.1) is 0 Å². The third kappa shape index (κ3) is 2.99. The van der Waals surface area contributed by atoms with Gasteiger partial charge >= 0.3 is 0 Å². The second-order valence-corrected chi connectivity index (χ2v) is 7.10. The molecule has 0 fully saturated rings. The molecule has 138 valence electrons. The molecule has 0 aliphatic carbocycles. The van der Waals surface area contributed by atoms with Crippen LogP contribution in [0.5, 0.6) is 0 Å². The number of aromatic nitrogens is 3. The molecule has 0 atom stereocenters. The fraction of sp³-hybridized carbons (Fsp3) is 0.174. The molecule has 4 aromatic rings. The molecule has 2 aromatic heterocycles. The van der Waals surface area contributed by atoms with Gasteiger partial charge in [-0.3, -0.25) is 9.36 Å². The van der Waals surface area contributed by atoms with Crippen molar-refractivity contribution in [2.24, 2.45) is 0 Å². The van der Waals surface area contributed by atoms with Crippen LogP contribution in [0.3, 0.4) is 0 Å². The van der Waals surface area contributed by atoms with Gasteiger partial charge in [-0.1, -0.05) is 29.8 Å².